The Kier molecular flexibility index (Phi) is 8.09. The van der Waals surface area contributed by atoms with Gasteiger partial charge in [-0.05, 0) is 0 Å². The van der Waals surface area contributed by atoms with Crippen LogP contribution in [0.1, 0.15) is 6.04 Å². The minimum Gasteiger partial charge on any atom is -0.480 e. The number of carboxylic acids is 1. The number of methoxy groups -OCH3 is 1. The Hall–Kier alpha value is -1.84. The van der Waals surface area contributed by atoms with Gasteiger partial charge in [-0.25, -0.2) is 4.79 Å². The van der Waals surface area contributed by atoms with Gasteiger partial charge >= 0.3 is 11.5 Å². The van der Waals surface area contributed by atoms with E-state index >= 15 is 0 Å². The molecule has 2 atom stereocenters. The van der Waals surface area contributed by atoms with Gasteiger partial charge in [0.1, 0.15) is 6.10 Å². The predicted octanol–water partition coefficient (Wildman–Crippen LogP) is 2.16. The lowest BCUT2D eigenvalue weighted by Gasteiger charge is -2.31. The van der Waals surface area contributed by atoms with Crippen LogP contribution >= 0.6 is 24.0 Å². The van der Waals surface area contributed by atoms with Gasteiger partial charge in [0, 0.05) is 32.3 Å². The molecule has 1 fully saturated rings. The molecule has 10 heteroatoms. The number of nitrogens with zero attached hydrogens (tertiary/aromatic N) is 2. The highest BCUT2D eigenvalue weighted by Crippen LogP contribution is 2.28. The summed E-state index contributed by atoms with van der Waals surface area (Å²) in [6.07, 6.45) is -0.802. The van der Waals surface area contributed by atoms with Crippen molar-refractivity contribution in [1.82, 2.24) is 9.64 Å². The van der Waals surface area contributed by atoms with Crippen LogP contribution in [0.25, 0.3) is 11.3 Å². The summed E-state index contributed by atoms with van der Waals surface area (Å²) in [7, 11) is 1.41. The van der Waals surface area contributed by atoms with E-state index in [1.807, 2.05) is 11.0 Å². The molecule has 8 nitrogen and oxygen atoms in total. The minimum atomic E-state index is -1.35. The van der Waals surface area contributed by atoms with Crippen molar-refractivity contribution in [3.8, 4) is 11.3 Å². The van der Waals surface area contributed by atoms with Crippen molar-refractivity contribution < 1.29 is 23.9 Å². The second-order valence-electron chi connectivity index (χ2n) is 6.20. The molecule has 1 aliphatic heterocycles. The van der Waals surface area contributed by atoms with Gasteiger partial charge in [-0.1, -0.05) is 41.9 Å². The van der Waals surface area contributed by atoms with Gasteiger partial charge in [-0.2, -0.15) is 4.74 Å². The van der Waals surface area contributed by atoms with Crippen LogP contribution in [0.4, 0.5) is 0 Å². The van der Waals surface area contributed by atoms with Crippen molar-refractivity contribution in [2.45, 2.75) is 12.1 Å². The molecule has 1 N–H and O–H groups in total. The van der Waals surface area contributed by atoms with Gasteiger partial charge in [0.25, 0.3) is 0 Å². The van der Waals surface area contributed by atoms with Crippen molar-refractivity contribution >= 4 is 30.0 Å². The van der Waals surface area contributed by atoms with Crippen molar-refractivity contribution in [3.05, 3.63) is 45.7 Å². The fraction of sp³-hybridized carbons (Fsp3) is 0.444. The van der Waals surface area contributed by atoms with Crippen molar-refractivity contribution in [2.75, 3.05) is 40.0 Å². The summed E-state index contributed by atoms with van der Waals surface area (Å²) >= 11 is 6.15. The summed E-state index contributed by atoms with van der Waals surface area (Å²) in [5, 5.41) is 9.61. The Morgan fingerprint density at radius 2 is 1.93 bits per heavy atom. The lowest BCUT2D eigenvalue weighted by molar-refractivity contribution is -0.149. The zero-order chi connectivity index (χ0) is 19.4. The number of ether oxygens (including phenoxy) is 2. The van der Waals surface area contributed by atoms with Crippen molar-refractivity contribution in [3.63, 3.8) is 0 Å². The van der Waals surface area contributed by atoms with Crippen LogP contribution < -0.4 is 5.56 Å². The summed E-state index contributed by atoms with van der Waals surface area (Å²) < 4.78 is 17.1. The maximum Gasteiger partial charge on any atom is 0.332 e. The molecule has 0 bridgehead atoms. The lowest BCUT2D eigenvalue weighted by atomic mass is 10.1. The van der Waals surface area contributed by atoms with Gasteiger partial charge in [-0.15, -0.1) is 12.4 Å². The van der Waals surface area contributed by atoms with Gasteiger partial charge in [0.15, 0.2) is 16.8 Å². The fourth-order valence-electron chi connectivity index (χ4n) is 3.08. The third kappa shape index (κ3) is 4.76. The van der Waals surface area contributed by atoms with E-state index in [0.717, 1.165) is 4.74 Å². The first-order valence-corrected chi connectivity index (χ1v) is 8.93. The van der Waals surface area contributed by atoms with Crippen LogP contribution in [0.5, 0.6) is 0 Å². The Balaban J connectivity index is 0.00000280. The molecule has 0 radical (unpaired) electrons. The highest BCUT2D eigenvalue weighted by atomic mass is 35.5. The molecule has 1 aromatic heterocycles. The summed E-state index contributed by atoms with van der Waals surface area (Å²) in [5.74, 6) is -1.10. The maximum absolute atomic E-state index is 12.6. The average molecular weight is 433 g/mol. The molecule has 3 rings (SSSR count). The number of benzene rings is 1. The standard InChI is InChI=1S/C18H21ClN2O6.ClH/c1-25-13(11-20-7-9-26-10-8-20)15(18(23)24)21-17(22)14(19)16(27-21)12-5-3-2-4-6-12;/h2-6,13,15H,7-11H2,1H3,(H,23,24);1H. The minimum absolute atomic E-state index is 0. The second kappa shape index (κ2) is 10.1. The Bertz CT molecular complexity index is 832. The zero-order valence-corrected chi connectivity index (χ0v) is 16.8. The molecule has 0 saturated carbocycles. The highest BCUT2D eigenvalue weighted by molar-refractivity contribution is 6.32. The monoisotopic (exact) mass is 432 g/mol. The zero-order valence-electron chi connectivity index (χ0n) is 15.2. The largest absolute Gasteiger partial charge is 0.480 e. The number of aliphatic carboxylic acids is 1. The van der Waals surface area contributed by atoms with Gasteiger partial charge in [0.2, 0.25) is 0 Å². The van der Waals surface area contributed by atoms with E-state index in [1.54, 1.807) is 24.3 Å². The van der Waals surface area contributed by atoms with Crippen LogP contribution in [0, 0.1) is 0 Å². The topological polar surface area (TPSA) is 94.1 Å². The Labute approximate surface area is 173 Å². The predicted molar refractivity (Wildman–Crippen MR) is 105 cm³/mol. The molecule has 154 valence electrons. The number of morpholine rings is 1. The van der Waals surface area contributed by atoms with Gasteiger partial charge in [0.05, 0.1) is 13.2 Å². The first-order chi connectivity index (χ1) is 13.0. The molecule has 1 aliphatic rings. The second-order valence-corrected chi connectivity index (χ2v) is 6.58. The first-order valence-electron chi connectivity index (χ1n) is 8.55. The van der Waals surface area contributed by atoms with E-state index in [4.69, 9.17) is 25.6 Å². The van der Waals surface area contributed by atoms with Crippen LogP contribution in [0.3, 0.4) is 0 Å². The SMILES string of the molecule is COC(CN1CCOCC1)C(C(=O)O)n1oc(-c2ccccc2)c(Cl)c1=O.Cl. The third-order valence-corrected chi connectivity index (χ3v) is 4.85. The van der Waals surface area contributed by atoms with Gasteiger partial charge < -0.3 is 19.1 Å². The van der Waals surface area contributed by atoms with Crippen LogP contribution in [0.2, 0.25) is 5.02 Å². The van der Waals surface area contributed by atoms with E-state index in [9.17, 15) is 14.7 Å². The fourth-order valence-corrected chi connectivity index (χ4v) is 3.30. The molecule has 0 aliphatic carbocycles. The molecule has 1 aromatic carbocycles. The third-order valence-electron chi connectivity index (χ3n) is 4.52. The van der Waals surface area contributed by atoms with E-state index < -0.39 is 23.7 Å². The number of aromatic nitrogens is 1. The average Bonchev–Trinajstić information content (AvgIpc) is 2.97. The van der Waals surface area contributed by atoms with E-state index in [2.05, 4.69) is 0 Å². The number of rotatable bonds is 7. The molecular weight excluding hydrogens is 411 g/mol. The highest BCUT2D eigenvalue weighted by Gasteiger charge is 2.36. The summed E-state index contributed by atoms with van der Waals surface area (Å²) in [4.78, 5) is 26.6. The lowest BCUT2D eigenvalue weighted by Crippen LogP contribution is -2.47. The quantitative estimate of drug-likeness (QED) is 0.715. The van der Waals surface area contributed by atoms with Crippen molar-refractivity contribution in [1.29, 1.82) is 0 Å². The number of carboxylic acid groups (broad SMARTS) is 1. The summed E-state index contributed by atoms with van der Waals surface area (Å²) in [6, 6.07) is 7.47. The molecule has 2 aromatic rings. The number of carbonyl (C=O) groups is 1. The molecular formula is C18H22Cl2N2O6. The van der Waals surface area contributed by atoms with Crippen LogP contribution in [0.15, 0.2) is 39.6 Å². The normalized spacial score (nSPS) is 16.9. The molecule has 0 amide bonds. The maximum atomic E-state index is 12.6. The smallest absolute Gasteiger partial charge is 0.332 e. The summed E-state index contributed by atoms with van der Waals surface area (Å²) in [6.45, 7) is 2.78. The van der Waals surface area contributed by atoms with E-state index in [1.165, 1.54) is 7.11 Å². The molecule has 2 heterocycles. The van der Waals surface area contributed by atoms with Crippen LogP contribution in [-0.2, 0) is 14.3 Å². The molecule has 2 unspecified atom stereocenters. The van der Waals surface area contributed by atoms with Crippen molar-refractivity contribution in [2.24, 2.45) is 0 Å². The number of hydrogen-bond donors (Lipinski definition) is 1. The molecule has 28 heavy (non-hydrogen) atoms. The number of hydrogen-bond acceptors (Lipinski definition) is 6. The van der Waals surface area contributed by atoms with E-state index in [0.29, 0.717) is 38.4 Å². The first kappa shape index (κ1) is 22.4. The Morgan fingerprint density at radius 1 is 1.29 bits per heavy atom. The van der Waals surface area contributed by atoms with Crippen LogP contribution in [-0.4, -0.2) is 66.8 Å². The molecule has 1 saturated heterocycles. The Morgan fingerprint density at radius 3 is 2.50 bits per heavy atom. The van der Waals surface area contributed by atoms with Gasteiger partial charge in [-0.3, -0.25) is 9.69 Å². The number of halogens is 2. The molecule has 0 spiro atoms. The summed E-state index contributed by atoms with van der Waals surface area (Å²) in [5.41, 5.74) is -0.114. The van der Waals surface area contributed by atoms with E-state index in [-0.39, 0.29) is 23.2 Å².